The molecule has 0 bridgehead atoms. The number of halogens is 2. The third kappa shape index (κ3) is 3.24. The molecule has 0 fully saturated rings. The molecule has 0 radical (unpaired) electrons. The van der Waals surface area contributed by atoms with Crippen molar-refractivity contribution in [2.45, 2.75) is 30.0 Å². The Labute approximate surface area is 143 Å². The average Bonchev–Trinajstić information content (AvgIpc) is 3.07. The predicted octanol–water partition coefficient (Wildman–Crippen LogP) is 3.84. The van der Waals surface area contributed by atoms with E-state index in [1.807, 2.05) is 0 Å². The van der Waals surface area contributed by atoms with E-state index < -0.39 is 11.6 Å². The number of aromatic nitrogens is 1. The Morgan fingerprint density at radius 1 is 1.33 bits per heavy atom. The zero-order valence-electron chi connectivity index (χ0n) is 13.1. The van der Waals surface area contributed by atoms with E-state index in [0.29, 0.717) is 11.6 Å². The lowest BCUT2D eigenvalue weighted by molar-refractivity contribution is -0.936. The Bertz CT molecular complexity index is 780. The highest BCUT2D eigenvalue weighted by Gasteiger charge is 2.30. The van der Waals surface area contributed by atoms with Gasteiger partial charge in [0.05, 0.1) is 11.6 Å². The van der Waals surface area contributed by atoms with Crippen molar-refractivity contribution in [3.8, 4) is 5.75 Å². The van der Waals surface area contributed by atoms with Gasteiger partial charge in [0, 0.05) is 22.5 Å². The van der Waals surface area contributed by atoms with Crippen LogP contribution < -0.4 is 9.47 Å². The lowest BCUT2D eigenvalue weighted by Gasteiger charge is -2.09. The summed E-state index contributed by atoms with van der Waals surface area (Å²) >= 11 is 1.24. The van der Waals surface area contributed by atoms with Gasteiger partial charge >= 0.3 is 0 Å². The zero-order valence-corrected chi connectivity index (χ0v) is 13.9. The van der Waals surface area contributed by atoms with Crippen LogP contribution in [0.3, 0.4) is 0 Å². The van der Waals surface area contributed by atoms with Crippen LogP contribution in [0, 0.1) is 11.6 Å². The molecule has 1 aliphatic rings. The van der Waals surface area contributed by atoms with Gasteiger partial charge in [-0.1, -0.05) is 24.8 Å². The first-order valence-corrected chi connectivity index (χ1v) is 8.69. The van der Waals surface area contributed by atoms with Crippen LogP contribution in [0.25, 0.3) is 0 Å². The third-order valence-electron chi connectivity index (χ3n) is 3.97. The topological polar surface area (TPSA) is 33.3 Å². The summed E-state index contributed by atoms with van der Waals surface area (Å²) in [6, 6.07) is 5.85. The van der Waals surface area contributed by atoms with Crippen LogP contribution in [0.4, 0.5) is 8.78 Å². The van der Waals surface area contributed by atoms with Gasteiger partial charge in [-0.25, -0.2) is 8.78 Å². The van der Waals surface area contributed by atoms with Gasteiger partial charge in [0.1, 0.15) is 12.4 Å². The molecule has 3 nitrogen and oxygen atoms in total. The number of hydrogen-bond donors (Lipinski definition) is 1. The SMILES string of the molecule is C=CCOc1cc(SCc2cccc(F)c2F)[n+](O)c2c1CCC2. The van der Waals surface area contributed by atoms with Crippen LogP contribution in [0.1, 0.15) is 23.2 Å². The molecule has 1 N–H and O–H groups in total. The molecule has 0 spiro atoms. The molecule has 0 unspecified atom stereocenters. The Morgan fingerprint density at radius 3 is 2.96 bits per heavy atom. The minimum absolute atomic E-state index is 0.212. The van der Waals surface area contributed by atoms with Crippen molar-refractivity contribution in [1.82, 2.24) is 0 Å². The molecule has 0 atom stereocenters. The smallest absolute Gasteiger partial charge is 0.295 e. The van der Waals surface area contributed by atoms with Crippen molar-refractivity contribution >= 4 is 11.8 Å². The molecule has 0 saturated carbocycles. The number of rotatable bonds is 6. The fraction of sp³-hybridized carbons (Fsp3) is 0.278. The Kier molecular flexibility index (Phi) is 5.04. The van der Waals surface area contributed by atoms with Crippen molar-refractivity contribution in [2.75, 3.05) is 6.61 Å². The average molecular weight is 350 g/mol. The molecule has 1 aromatic heterocycles. The molecular formula is C18H18F2NO2S+. The summed E-state index contributed by atoms with van der Waals surface area (Å²) in [7, 11) is 0. The van der Waals surface area contributed by atoms with Crippen LogP contribution >= 0.6 is 11.8 Å². The summed E-state index contributed by atoms with van der Waals surface area (Å²) in [5, 5.41) is 11.0. The van der Waals surface area contributed by atoms with E-state index in [1.54, 1.807) is 12.1 Å². The maximum Gasteiger partial charge on any atom is 0.295 e. The molecule has 3 rings (SSSR count). The molecule has 1 aromatic carbocycles. The summed E-state index contributed by atoms with van der Waals surface area (Å²) in [5.41, 5.74) is 2.08. The summed E-state index contributed by atoms with van der Waals surface area (Å²) in [4.78, 5) is 0. The van der Waals surface area contributed by atoms with E-state index in [4.69, 9.17) is 4.74 Å². The summed E-state index contributed by atoms with van der Waals surface area (Å²) in [6.07, 6.45) is 4.23. The van der Waals surface area contributed by atoms with E-state index in [-0.39, 0.29) is 11.3 Å². The van der Waals surface area contributed by atoms with Gasteiger partial charge in [0.15, 0.2) is 11.6 Å². The first-order chi connectivity index (χ1) is 11.6. The van der Waals surface area contributed by atoms with Gasteiger partial charge in [-0.3, -0.25) is 5.21 Å². The third-order valence-corrected chi connectivity index (χ3v) is 5.01. The molecular weight excluding hydrogens is 332 g/mol. The second kappa shape index (κ2) is 7.21. The first kappa shape index (κ1) is 16.8. The van der Waals surface area contributed by atoms with Gasteiger partial charge in [-0.15, -0.1) is 0 Å². The minimum atomic E-state index is -0.867. The number of benzene rings is 1. The number of pyridine rings is 1. The van der Waals surface area contributed by atoms with Gasteiger partial charge < -0.3 is 4.74 Å². The van der Waals surface area contributed by atoms with E-state index in [9.17, 15) is 14.0 Å². The normalized spacial score (nSPS) is 12.9. The molecule has 1 heterocycles. The fourth-order valence-corrected chi connectivity index (χ4v) is 3.76. The van der Waals surface area contributed by atoms with Gasteiger partial charge in [0.25, 0.3) is 5.03 Å². The Hall–Kier alpha value is -2.08. The van der Waals surface area contributed by atoms with Gasteiger partial charge in [0.2, 0.25) is 5.69 Å². The van der Waals surface area contributed by atoms with E-state index in [0.717, 1.165) is 47.1 Å². The van der Waals surface area contributed by atoms with Crippen LogP contribution in [-0.2, 0) is 18.6 Å². The summed E-state index contributed by atoms with van der Waals surface area (Å²) in [6.45, 7) is 4.02. The highest BCUT2D eigenvalue weighted by Crippen LogP contribution is 2.33. The van der Waals surface area contributed by atoms with Crippen molar-refractivity contribution in [3.63, 3.8) is 0 Å². The zero-order chi connectivity index (χ0) is 17.1. The van der Waals surface area contributed by atoms with Crippen LogP contribution in [0.2, 0.25) is 0 Å². The number of thioether (sulfide) groups is 1. The number of nitrogens with zero attached hydrogens (tertiary/aromatic N) is 1. The highest BCUT2D eigenvalue weighted by atomic mass is 32.2. The maximum atomic E-state index is 13.8. The lowest BCUT2D eigenvalue weighted by atomic mass is 10.2. The van der Waals surface area contributed by atoms with Gasteiger partial charge in [-0.2, -0.15) is 0 Å². The summed E-state index contributed by atoms with van der Waals surface area (Å²) < 4.78 is 33.9. The summed E-state index contributed by atoms with van der Waals surface area (Å²) in [5.74, 6) is -0.785. The second-order valence-corrected chi connectivity index (χ2v) is 6.53. The van der Waals surface area contributed by atoms with E-state index in [1.165, 1.54) is 23.9 Å². The Balaban J connectivity index is 1.87. The molecule has 24 heavy (non-hydrogen) atoms. The number of fused-ring (bicyclic) bond motifs is 1. The lowest BCUT2D eigenvalue weighted by Crippen LogP contribution is -2.38. The van der Waals surface area contributed by atoms with Crippen LogP contribution in [-0.4, -0.2) is 11.8 Å². The second-order valence-electron chi connectivity index (χ2n) is 5.54. The Morgan fingerprint density at radius 2 is 2.17 bits per heavy atom. The first-order valence-electron chi connectivity index (χ1n) is 7.71. The molecule has 0 aliphatic heterocycles. The van der Waals surface area contributed by atoms with Crippen LogP contribution in [0.15, 0.2) is 41.9 Å². The van der Waals surface area contributed by atoms with E-state index >= 15 is 0 Å². The van der Waals surface area contributed by atoms with Gasteiger partial charge in [-0.05, 0) is 30.7 Å². The van der Waals surface area contributed by atoms with Crippen LogP contribution in [0.5, 0.6) is 5.75 Å². The maximum absolute atomic E-state index is 13.8. The number of ether oxygens (including phenoxy) is 1. The molecule has 1 aliphatic carbocycles. The molecule has 0 saturated heterocycles. The minimum Gasteiger partial charge on any atom is -0.489 e. The van der Waals surface area contributed by atoms with Crippen molar-refractivity contribution in [2.24, 2.45) is 0 Å². The predicted molar refractivity (Wildman–Crippen MR) is 87.5 cm³/mol. The quantitative estimate of drug-likeness (QED) is 0.372. The highest BCUT2D eigenvalue weighted by molar-refractivity contribution is 7.98. The molecule has 0 amide bonds. The fourth-order valence-electron chi connectivity index (χ4n) is 2.81. The van der Waals surface area contributed by atoms with E-state index in [2.05, 4.69) is 6.58 Å². The molecule has 126 valence electrons. The molecule has 2 aromatic rings. The standard InChI is InChI=1S/C18H18F2NO2S/c1-2-9-23-16-10-17(21(22)15-8-4-6-13(15)16)24-11-12-5-3-7-14(19)18(12)20/h2-3,5,7,10,22H,1,4,6,8-9,11H2/q+1. The van der Waals surface area contributed by atoms with Crippen molar-refractivity contribution < 1.29 is 23.5 Å². The van der Waals surface area contributed by atoms with Crippen molar-refractivity contribution in [1.29, 1.82) is 0 Å². The largest absolute Gasteiger partial charge is 0.489 e. The monoisotopic (exact) mass is 350 g/mol. The number of hydrogen-bond acceptors (Lipinski definition) is 3. The van der Waals surface area contributed by atoms with Crippen molar-refractivity contribution in [3.05, 3.63) is 65.4 Å². The molecule has 6 heteroatoms.